The van der Waals surface area contributed by atoms with Crippen molar-refractivity contribution in [3.05, 3.63) is 36.3 Å². The topological polar surface area (TPSA) is 72.1 Å². The monoisotopic (exact) mass is 276 g/mol. The Morgan fingerprint density at radius 3 is 2.80 bits per heavy atom. The van der Waals surface area contributed by atoms with Crippen LogP contribution in [0.5, 0.6) is 0 Å². The second kappa shape index (κ2) is 6.38. The number of carbonyl (C=O) groups excluding carboxylic acids is 1. The molecule has 0 aliphatic rings. The lowest BCUT2D eigenvalue weighted by Crippen LogP contribution is -2.26. The Kier molecular flexibility index (Phi) is 4.57. The lowest BCUT2D eigenvalue weighted by atomic mass is 10.2. The molecule has 6 heteroatoms. The molecule has 0 bridgehead atoms. The first-order valence-corrected chi connectivity index (χ1v) is 6.71. The zero-order chi connectivity index (χ0) is 14.5. The van der Waals surface area contributed by atoms with Crippen LogP contribution in [0.15, 0.2) is 30.7 Å². The first-order valence-electron chi connectivity index (χ1n) is 6.71. The normalized spacial score (nSPS) is 12.3. The molecule has 0 radical (unpaired) electrons. The Morgan fingerprint density at radius 1 is 1.45 bits per heavy atom. The SMILES string of the molecule is CC(O)CCCNC(=O)c1cnn(C)c1-n1cccc1. The van der Waals surface area contributed by atoms with Crippen LogP contribution >= 0.6 is 0 Å². The number of nitrogens with one attached hydrogen (secondary N) is 1. The Hall–Kier alpha value is -2.08. The molecule has 1 atom stereocenters. The Morgan fingerprint density at radius 2 is 2.15 bits per heavy atom. The molecule has 108 valence electrons. The standard InChI is InChI=1S/C14H20N4O2/c1-11(19)6-5-7-15-13(20)12-10-16-17(2)14(12)18-8-3-4-9-18/h3-4,8-11,19H,5-7H2,1-2H3,(H,15,20). The van der Waals surface area contributed by atoms with Gasteiger partial charge in [-0.3, -0.25) is 9.48 Å². The van der Waals surface area contributed by atoms with E-state index in [-0.39, 0.29) is 12.0 Å². The van der Waals surface area contributed by atoms with E-state index in [0.29, 0.717) is 18.5 Å². The fourth-order valence-corrected chi connectivity index (χ4v) is 2.07. The van der Waals surface area contributed by atoms with Gasteiger partial charge in [-0.2, -0.15) is 5.10 Å². The third-order valence-corrected chi connectivity index (χ3v) is 3.09. The fourth-order valence-electron chi connectivity index (χ4n) is 2.07. The fraction of sp³-hybridized carbons (Fsp3) is 0.429. The summed E-state index contributed by atoms with van der Waals surface area (Å²) in [5.41, 5.74) is 0.542. The van der Waals surface area contributed by atoms with Crippen molar-refractivity contribution < 1.29 is 9.90 Å². The van der Waals surface area contributed by atoms with Crippen molar-refractivity contribution >= 4 is 5.91 Å². The van der Waals surface area contributed by atoms with E-state index in [0.717, 1.165) is 12.2 Å². The summed E-state index contributed by atoms with van der Waals surface area (Å²) < 4.78 is 3.53. The number of carbonyl (C=O) groups is 1. The zero-order valence-electron chi connectivity index (χ0n) is 11.8. The number of rotatable bonds is 6. The molecule has 0 aliphatic heterocycles. The van der Waals surface area contributed by atoms with Crippen molar-refractivity contribution in [1.29, 1.82) is 0 Å². The van der Waals surface area contributed by atoms with Crippen LogP contribution in [0, 0.1) is 0 Å². The molecule has 2 heterocycles. The van der Waals surface area contributed by atoms with E-state index in [4.69, 9.17) is 0 Å². The number of hydrogen-bond donors (Lipinski definition) is 2. The third-order valence-electron chi connectivity index (χ3n) is 3.09. The summed E-state index contributed by atoms with van der Waals surface area (Å²) in [7, 11) is 1.81. The maximum atomic E-state index is 12.2. The lowest BCUT2D eigenvalue weighted by molar-refractivity contribution is 0.0949. The minimum atomic E-state index is -0.333. The first kappa shape index (κ1) is 14.3. The van der Waals surface area contributed by atoms with E-state index in [2.05, 4.69) is 10.4 Å². The second-order valence-corrected chi connectivity index (χ2v) is 4.84. The molecule has 0 aromatic carbocycles. The van der Waals surface area contributed by atoms with Crippen molar-refractivity contribution in [2.45, 2.75) is 25.9 Å². The van der Waals surface area contributed by atoms with E-state index in [1.807, 2.05) is 29.1 Å². The first-order chi connectivity index (χ1) is 9.59. The number of aliphatic hydroxyl groups is 1. The van der Waals surface area contributed by atoms with Crippen LogP contribution in [-0.2, 0) is 7.05 Å². The number of aryl methyl sites for hydroxylation is 1. The van der Waals surface area contributed by atoms with Gasteiger partial charge in [0.15, 0.2) is 0 Å². The zero-order valence-corrected chi connectivity index (χ0v) is 11.8. The second-order valence-electron chi connectivity index (χ2n) is 4.84. The summed E-state index contributed by atoms with van der Waals surface area (Å²) >= 11 is 0. The maximum Gasteiger partial charge on any atom is 0.256 e. The van der Waals surface area contributed by atoms with E-state index < -0.39 is 0 Å². The summed E-state index contributed by atoms with van der Waals surface area (Å²) in [6, 6.07) is 3.80. The van der Waals surface area contributed by atoms with Crippen LogP contribution in [0.2, 0.25) is 0 Å². The third kappa shape index (κ3) is 3.27. The van der Waals surface area contributed by atoms with Crippen LogP contribution < -0.4 is 5.32 Å². The van der Waals surface area contributed by atoms with Crippen molar-refractivity contribution in [2.75, 3.05) is 6.54 Å². The van der Waals surface area contributed by atoms with Gasteiger partial charge >= 0.3 is 0 Å². The summed E-state index contributed by atoms with van der Waals surface area (Å²) in [5.74, 6) is 0.593. The molecule has 1 amide bonds. The molecule has 0 spiro atoms. The number of hydrogen-bond acceptors (Lipinski definition) is 3. The molecule has 0 fully saturated rings. The highest BCUT2D eigenvalue weighted by molar-refractivity contribution is 5.97. The van der Waals surface area contributed by atoms with E-state index in [1.54, 1.807) is 24.9 Å². The van der Waals surface area contributed by atoms with Gasteiger partial charge in [0.1, 0.15) is 11.4 Å². The van der Waals surface area contributed by atoms with Gasteiger partial charge in [0, 0.05) is 26.0 Å². The number of aliphatic hydroxyl groups excluding tert-OH is 1. The number of nitrogens with zero attached hydrogens (tertiary/aromatic N) is 3. The molecule has 6 nitrogen and oxygen atoms in total. The van der Waals surface area contributed by atoms with Crippen LogP contribution in [0.1, 0.15) is 30.1 Å². The van der Waals surface area contributed by atoms with Gasteiger partial charge in [-0.25, -0.2) is 0 Å². The maximum absolute atomic E-state index is 12.2. The van der Waals surface area contributed by atoms with E-state index in [9.17, 15) is 9.90 Å². The predicted molar refractivity (Wildman–Crippen MR) is 75.8 cm³/mol. The van der Waals surface area contributed by atoms with Gasteiger partial charge in [-0.05, 0) is 31.9 Å². The van der Waals surface area contributed by atoms with Gasteiger partial charge in [0.05, 0.1) is 12.3 Å². The highest BCUT2D eigenvalue weighted by Gasteiger charge is 2.16. The van der Waals surface area contributed by atoms with Crippen LogP contribution in [-0.4, -0.2) is 38.0 Å². The van der Waals surface area contributed by atoms with Crippen molar-refractivity contribution in [1.82, 2.24) is 19.7 Å². The Bertz CT molecular complexity index is 558. The van der Waals surface area contributed by atoms with E-state index in [1.165, 1.54) is 0 Å². The highest BCUT2D eigenvalue weighted by atomic mass is 16.3. The molecule has 1 unspecified atom stereocenters. The lowest BCUT2D eigenvalue weighted by Gasteiger charge is -2.09. The molecule has 2 rings (SSSR count). The van der Waals surface area contributed by atoms with E-state index >= 15 is 0 Å². The molecule has 0 saturated carbocycles. The smallest absolute Gasteiger partial charge is 0.256 e. The predicted octanol–water partition coefficient (Wildman–Crippen LogP) is 1.10. The number of amides is 1. The number of aromatic nitrogens is 3. The molecular formula is C14H20N4O2. The Labute approximate surface area is 118 Å². The van der Waals surface area contributed by atoms with Crippen LogP contribution in [0.25, 0.3) is 5.82 Å². The highest BCUT2D eigenvalue weighted by Crippen LogP contribution is 2.13. The van der Waals surface area contributed by atoms with Gasteiger partial charge in [-0.1, -0.05) is 0 Å². The summed E-state index contributed by atoms with van der Waals surface area (Å²) in [6.07, 6.45) is 6.42. The molecule has 2 N–H and O–H groups in total. The van der Waals surface area contributed by atoms with Gasteiger partial charge in [0.2, 0.25) is 0 Å². The largest absolute Gasteiger partial charge is 0.393 e. The van der Waals surface area contributed by atoms with Crippen molar-refractivity contribution in [3.63, 3.8) is 0 Å². The molecule has 0 aliphatic carbocycles. The summed E-state index contributed by atoms with van der Waals surface area (Å²) in [6.45, 7) is 2.29. The minimum absolute atomic E-state index is 0.146. The molecule has 2 aromatic heterocycles. The van der Waals surface area contributed by atoms with Gasteiger partial charge in [0.25, 0.3) is 5.91 Å². The van der Waals surface area contributed by atoms with Crippen LogP contribution in [0.4, 0.5) is 0 Å². The van der Waals surface area contributed by atoms with Crippen molar-refractivity contribution in [2.24, 2.45) is 7.05 Å². The average molecular weight is 276 g/mol. The molecule has 2 aromatic rings. The minimum Gasteiger partial charge on any atom is -0.393 e. The van der Waals surface area contributed by atoms with Crippen LogP contribution in [0.3, 0.4) is 0 Å². The molecule has 0 saturated heterocycles. The molecular weight excluding hydrogens is 256 g/mol. The quantitative estimate of drug-likeness (QED) is 0.776. The van der Waals surface area contributed by atoms with Crippen molar-refractivity contribution in [3.8, 4) is 5.82 Å². The van der Waals surface area contributed by atoms with Gasteiger partial charge < -0.3 is 15.0 Å². The Balaban J connectivity index is 2.04. The average Bonchev–Trinajstić information content (AvgIpc) is 3.02. The molecule has 20 heavy (non-hydrogen) atoms. The summed E-state index contributed by atoms with van der Waals surface area (Å²) in [4.78, 5) is 12.2. The van der Waals surface area contributed by atoms with Gasteiger partial charge in [-0.15, -0.1) is 0 Å². The summed E-state index contributed by atoms with van der Waals surface area (Å²) in [5, 5.41) is 16.2.